The van der Waals surface area contributed by atoms with Crippen LogP contribution in [0.5, 0.6) is 0 Å². The molecule has 5 rings (SSSR count). The van der Waals surface area contributed by atoms with Crippen molar-refractivity contribution in [3.8, 4) is 11.3 Å². The van der Waals surface area contributed by atoms with Crippen molar-refractivity contribution in [2.75, 3.05) is 24.5 Å². The average molecular weight is 467 g/mol. The number of fused-ring (bicyclic) bond motifs is 2. The second-order valence-electron chi connectivity index (χ2n) is 10.1. The minimum atomic E-state index is -0.926. The van der Waals surface area contributed by atoms with Crippen molar-refractivity contribution in [2.24, 2.45) is 0 Å². The molecule has 3 aromatic rings. The number of nitrogens with zero attached hydrogens (tertiary/aromatic N) is 5. The summed E-state index contributed by atoms with van der Waals surface area (Å²) >= 11 is 0. The smallest absolute Gasteiger partial charge is 0.414 e. The molecule has 2 aromatic heterocycles. The van der Waals surface area contributed by atoms with E-state index in [0.717, 1.165) is 29.9 Å². The van der Waals surface area contributed by atoms with Crippen molar-refractivity contribution < 1.29 is 14.6 Å². The lowest BCUT2D eigenvalue weighted by Gasteiger charge is -2.32. The number of ether oxygens (including phenoxy) is 1. The Morgan fingerprint density at radius 3 is 2.76 bits per heavy atom. The molecular formula is C24H30N6O4. The summed E-state index contributed by atoms with van der Waals surface area (Å²) < 4.78 is 8.51. The zero-order valence-corrected chi connectivity index (χ0v) is 19.7. The van der Waals surface area contributed by atoms with Gasteiger partial charge in [0.25, 0.3) is 5.56 Å². The maximum atomic E-state index is 13.1. The van der Waals surface area contributed by atoms with Gasteiger partial charge in [-0.15, -0.1) is 0 Å². The predicted octanol–water partition coefficient (Wildman–Crippen LogP) is 1.97. The number of nitrogens with one attached hydrogen (secondary N) is 1. The third-order valence-electron chi connectivity index (χ3n) is 6.38. The van der Waals surface area contributed by atoms with Crippen molar-refractivity contribution in [1.29, 1.82) is 0 Å². The van der Waals surface area contributed by atoms with Gasteiger partial charge in [0.2, 0.25) is 5.65 Å². The van der Waals surface area contributed by atoms with Crippen LogP contribution < -0.4 is 15.8 Å². The SMILES string of the molecule is CC(C)(C)OC(=O)N1CCc2cc(-c3cnc4c(=O)n(CC5(O)CCNCC5)cnn34)ccc21. The number of amides is 1. The molecule has 2 N–H and O–H groups in total. The number of carbonyl (C=O) groups excluding carboxylic acids is 1. The normalized spacial score (nSPS) is 17.7. The largest absolute Gasteiger partial charge is 0.443 e. The first kappa shape index (κ1) is 22.5. The molecule has 1 aromatic carbocycles. The third-order valence-corrected chi connectivity index (χ3v) is 6.38. The quantitative estimate of drug-likeness (QED) is 0.607. The van der Waals surface area contributed by atoms with Gasteiger partial charge >= 0.3 is 6.09 Å². The fourth-order valence-corrected chi connectivity index (χ4v) is 4.65. The minimum Gasteiger partial charge on any atom is -0.443 e. The Kier molecular flexibility index (Phi) is 5.44. The van der Waals surface area contributed by atoms with E-state index in [0.29, 0.717) is 31.5 Å². The molecular weight excluding hydrogens is 436 g/mol. The summed E-state index contributed by atoms with van der Waals surface area (Å²) in [6.07, 6.45) is 4.63. The summed E-state index contributed by atoms with van der Waals surface area (Å²) in [6, 6.07) is 5.80. The van der Waals surface area contributed by atoms with Gasteiger partial charge in [0.15, 0.2) is 0 Å². The van der Waals surface area contributed by atoms with Gasteiger partial charge in [-0.05, 0) is 70.8 Å². The van der Waals surface area contributed by atoms with Crippen LogP contribution in [0.3, 0.4) is 0 Å². The molecule has 0 radical (unpaired) electrons. The van der Waals surface area contributed by atoms with E-state index in [1.165, 1.54) is 15.4 Å². The van der Waals surface area contributed by atoms with Crippen LogP contribution in [-0.2, 0) is 17.7 Å². The second kappa shape index (κ2) is 8.21. The van der Waals surface area contributed by atoms with Crippen LogP contribution in [0.15, 0.2) is 35.5 Å². The number of benzene rings is 1. The van der Waals surface area contributed by atoms with Gasteiger partial charge in [0.05, 0.1) is 29.7 Å². The average Bonchev–Trinajstić information content (AvgIpc) is 3.39. The highest BCUT2D eigenvalue weighted by atomic mass is 16.6. The summed E-state index contributed by atoms with van der Waals surface area (Å²) in [5, 5.41) is 18.5. The highest BCUT2D eigenvalue weighted by Crippen LogP contribution is 2.33. The summed E-state index contributed by atoms with van der Waals surface area (Å²) in [5.41, 5.74) is 1.86. The molecule has 0 unspecified atom stereocenters. The number of rotatable bonds is 3. The number of aliphatic hydroxyl groups is 1. The Balaban J connectivity index is 1.43. The molecule has 1 saturated heterocycles. The summed E-state index contributed by atoms with van der Waals surface area (Å²) in [7, 11) is 0. The van der Waals surface area contributed by atoms with E-state index in [2.05, 4.69) is 15.4 Å². The Morgan fingerprint density at radius 2 is 2.03 bits per heavy atom. The van der Waals surface area contributed by atoms with Crippen LogP contribution in [0.2, 0.25) is 0 Å². The zero-order chi connectivity index (χ0) is 24.1. The molecule has 0 bridgehead atoms. The molecule has 0 aliphatic carbocycles. The Bertz CT molecular complexity index is 1300. The number of piperidine rings is 1. The van der Waals surface area contributed by atoms with Gasteiger partial charge in [0.1, 0.15) is 11.9 Å². The topological polar surface area (TPSA) is 114 Å². The van der Waals surface area contributed by atoms with E-state index in [1.54, 1.807) is 11.1 Å². The summed E-state index contributed by atoms with van der Waals surface area (Å²) in [4.78, 5) is 31.6. The highest BCUT2D eigenvalue weighted by molar-refractivity contribution is 5.91. The van der Waals surface area contributed by atoms with Gasteiger partial charge in [-0.25, -0.2) is 14.3 Å². The number of aromatic nitrogens is 4. The first-order valence-electron chi connectivity index (χ1n) is 11.6. The second-order valence-corrected chi connectivity index (χ2v) is 10.1. The van der Waals surface area contributed by atoms with E-state index < -0.39 is 11.2 Å². The molecule has 180 valence electrons. The van der Waals surface area contributed by atoms with E-state index in [-0.39, 0.29) is 23.8 Å². The first-order chi connectivity index (χ1) is 16.1. The first-order valence-corrected chi connectivity index (χ1v) is 11.6. The van der Waals surface area contributed by atoms with Gasteiger partial charge in [-0.2, -0.15) is 5.10 Å². The van der Waals surface area contributed by atoms with Gasteiger partial charge in [0, 0.05) is 12.1 Å². The third kappa shape index (κ3) is 4.19. The van der Waals surface area contributed by atoms with Crippen molar-refractivity contribution in [2.45, 2.75) is 57.8 Å². The van der Waals surface area contributed by atoms with Crippen LogP contribution in [0.25, 0.3) is 16.9 Å². The maximum absolute atomic E-state index is 13.1. The molecule has 10 heteroatoms. The van der Waals surface area contributed by atoms with E-state index >= 15 is 0 Å². The lowest BCUT2D eigenvalue weighted by atomic mass is 9.92. The fourth-order valence-electron chi connectivity index (χ4n) is 4.65. The van der Waals surface area contributed by atoms with Crippen molar-refractivity contribution in [3.63, 3.8) is 0 Å². The number of imidazole rings is 1. The van der Waals surface area contributed by atoms with E-state index in [9.17, 15) is 14.7 Å². The predicted molar refractivity (Wildman–Crippen MR) is 127 cm³/mol. The lowest BCUT2D eigenvalue weighted by Crippen LogP contribution is -2.46. The fraction of sp³-hybridized carbons (Fsp3) is 0.500. The molecule has 10 nitrogen and oxygen atoms in total. The number of carbonyl (C=O) groups is 1. The van der Waals surface area contributed by atoms with E-state index in [1.807, 2.05) is 39.0 Å². The van der Waals surface area contributed by atoms with Crippen molar-refractivity contribution >= 4 is 17.4 Å². The number of hydrogen-bond acceptors (Lipinski definition) is 7. The van der Waals surface area contributed by atoms with Crippen LogP contribution in [-0.4, -0.2) is 61.2 Å². The van der Waals surface area contributed by atoms with Crippen LogP contribution in [0, 0.1) is 0 Å². The molecule has 34 heavy (non-hydrogen) atoms. The Labute approximate surface area is 197 Å². The summed E-state index contributed by atoms with van der Waals surface area (Å²) in [6.45, 7) is 7.74. The number of anilines is 1. The van der Waals surface area contributed by atoms with Gasteiger partial charge < -0.3 is 15.2 Å². The van der Waals surface area contributed by atoms with Crippen molar-refractivity contribution in [1.82, 2.24) is 24.5 Å². The maximum Gasteiger partial charge on any atom is 0.414 e. The molecule has 0 spiro atoms. The molecule has 0 atom stereocenters. The molecule has 1 amide bonds. The lowest BCUT2D eigenvalue weighted by molar-refractivity contribution is -0.00644. The monoisotopic (exact) mass is 466 g/mol. The van der Waals surface area contributed by atoms with Gasteiger partial charge in [-0.3, -0.25) is 14.3 Å². The molecule has 4 heterocycles. The molecule has 1 fully saturated rings. The highest BCUT2D eigenvalue weighted by Gasteiger charge is 2.31. The van der Waals surface area contributed by atoms with Crippen LogP contribution >= 0.6 is 0 Å². The van der Waals surface area contributed by atoms with Crippen LogP contribution in [0.1, 0.15) is 39.2 Å². The van der Waals surface area contributed by atoms with Crippen LogP contribution in [0.4, 0.5) is 10.5 Å². The standard InChI is InChI=1S/C24H30N6O4/c1-23(2,3)34-22(32)29-11-6-17-12-16(4-5-18(17)29)19-13-26-20-21(31)28(15-27-30(19)20)14-24(33)7-9-25-10-8-24/h4-5,12-13,15,25,33H,6-11,14H2,1-3H3. The number of hydrogen-bond donors (Lipinski definition) is 2. The minimum absolute atomic E-state index is 0.193. The van der Waals surface area contributed by atoms with Gasteiger partial charge in [-0.1, -0.05) is 6.07 Å². The summed E-state index contributed by atoms with van der Waals surface area (Å²) in [5.74, 6) is 0. The zero-order valence-electron chi connectivity index (χ0n) is 19.7. The molecule has 0 saturated carbocycles. The molecule has 2 aliphatic heterocycles. The Morgan fingerprint density at radius 1 is 1.26 bits per heavy atom. The Hall–Kier alpha value is -3.24. The van der Waals surface area contributed by atoms with E-state index in [4.69, 9.17) is 4.74 Å². The van der Waals surface area contributed by atoms with Crippen molar-refractivity contribution in [3.05, 3.63) is 46.6 Å². The molecule has 2 aliphatic rings.